The molecule has 0 aliphatic carbocycles. The van der Waals surface area contributed by atoms with Crippen molar-refractivity contribution in [3.63, 3.8) is 0 Å². The summed E-state index contributed by atoms with van der Waals surface area (Å²) >= 11 is 0. The van der Waals surface area contributed by atoms with E-state index in [-0.39, 0.29) is 5.91 Å². The number of benzene rings is 2. The van der Waals surface area contributed by atoms with Crippen molar-refractivity contribution in [2.75, 3.05) is 6.61 Å². The first-order valence-corrected chi connectivity index (χ1v) is 10.0. The number of nitrogens with zero attached hydrogens (tertiary/aromatic N) is 2. The van der Waals surface area contributed by atoms with Gasteiger partial charge in [-0.2, -0.15) is 5.10 Å². The molecule has 2 aromatic heterocycles. The molecule has 0 fully saturated rings. The number of furan rings is 1. The molecule has 0 spiro atoms. The topological polar surface area (TPSA) is 69.3 Å². The molecular formula is C24H25N3O3. The molecule has 0 atom stereocenters. The van der Waals surface area contributed by atoms with E-state index in [1.807, 2.05) is 80.9 Å². The highest BCUT2D eigenvalue weighted by Gasteiger charge is 2.20. The van der Waals surface area contributed by atoms with E-state index in [1.54, 1.807) is 0 Å². The standard InChI is InChI=1S/C24H25N3O3/c1-5-29-19-11-12-22-20(13-19)15(2)23(30-22)24(28)25-14-21-16(3)26-27(17(21)4)18-9-7-6-8-10-18/h6-13H,5,14H2,1-4H3,(H,25,28). The van der Waals surface area contributed by atoms with Gasteiger partial charge in [-0.3, -0.25) is 4.79 Å². The summed E-state index contributed by atoms with van der Waals surface area (Å²) < 4.78 is 13.3. The first-order valence-electron chi connectivity index (χ1n) is 10.0. The van der Waals surface area contributed by atoms with Crippen LogP contribution in [0.4, 0.5) is 0 Å². The number of amides is 1. The van der Waals surface area contributed by atoms with Crippen molar-refractivity contribution in [3.8, 4) is 11.4 Å². The Balaban J connectivity index is 1.56. The predicted molar refractivity (Wildman–Crippen MR) is 116 cm³/mol. The van der Waals surface area contributed by atoms with Crippen molar-refractivity contribution < 1.29 is 13.9 Å². The van der Waals surface area contributed by atoms with Crippen LogP contribution < -0.4 is 10.1 Å². The lowest BCUT2D eigenvalue weighted by Crippen LogP contribution is -2.23. The summed E-state index contributed by atoms with van der Waals surface area (Å²) in [5, 5.41) is 8.51. The van der Waals surface area contributed by atoms with E-state index in [2.05, 4.69) is 10.4 Å². The second-order valence-corrected chi connectivity index (χ2v) is 7.23. The molecule has 6 nitrogen and oxygen atoms in total. The van der Waals surface area contributed by atoms with Crippen molar-refractivity contribution in [3.05, 3.63) is 76.8 Å². The number of hydrogen-bond donors (Lipinski definition) is 1. The Bertz CT molecular complexity index is 1210. The Morgan fingerprint density at radius 2 is 1.90 bits per heavy atom. The van der Waals surface area contributed by atoms with Crippen LogP contribution in [-0.4, -0.2) is 22.3 Å². The number of carbonyl (C=O) groups is 1. The number of fused-ring (bicyclic) bond motifs is 1. The first kappa shape index (κ1) is 19.8. The van der Waals surface area contributed by atoms with Gasteiger partial charge in [-0.15, -0.1) is 0 Å². The number of ether oxygens (including phenoxy) is 1. The molecule has 0 radical (unpaired) electrons. The maximum Gasteiger partial charge on any atom is 0.287 e. The van der Waals surface area contributed by atoms with Gasteiger partial charge in [-0.1, -0.05) is 18.2 Å². The molecule has 2 heterocycles. The van der Waals surface area contributed by atoms with E-state index in [0.717, 1.165) is 39.3 Å². The molecule has 4 rings (SSSR count). The van der Waals surface area contributed by atoms with Gasteiger partial charge in [0.25, 0.3) is 5.91 Å². The Morgan fingerprint density at radius 1 is 1.13 bits per heavy atom. The average Bonchev–Trinajstić information content (AvgIpc) is 3.23. The third kappa shape index (κ3) is 3.56. The fourth-order valence-corrected chi connectivity index (χ4v) is 3.67. The van der Waals surface area contributed by atoms with E-state index in [9.17, 15) is 4.79 Å². The van der Waals surface area contributed by atoms with Gasteiger partial charge in [-0.25, -0.2) is 4.68 Å². The van der Waals surface area contributed by atoms with E-state index >= 15 is 0 Å². The number of nitrogens with one attached hydrogen (secondary N) is 1. The summed E-state index contributed by atoms with van der Waals surface area (Å²) in [5.41, 5.74) is 5.36. The smallest absolute Gasteiger partial charge is 0.287 e. The summed E-state index contributed by atoms with van der Waals surface area (Å²) in [7, 11) is 0. The van der Waals surface area contributed by atoms with Crippen LogP contribution in [-0.2, 0) is 6.54 Å². The van der Waals surface area contributed by atoms with Gasteiger partial charge < -0.3 is 14.5 Å². The van der Waals surface area contributed by atoms with Crippen LogP contribution in [0.1, 0.15) is 40.0 Å². The van der Waals surface area contributed by atoms with Gasteiger partial charge >= 0.3 is 0 Å². The second kappa shape index (κ2) is 8.06. The molecule has 154 valence electrons. The van der Waals surface area contributed by atoms with Crippen LogP contribution >= 0.6 is 0 Å². The van der Waals surface area contributed by atoms with Crippen molar-refractivity contribution in [2.24, 2.45) is 0 Å². The zero-order valence-corrected chi connectivity index (χ0v) is 17.7. The Labute approximate surface area is 175 Å². The third-order valence-corrected chi connectivity index (χ3v) is 5.29. The van der Waals surface area contributed by atoms with E-state index in [1.165, 1.54) is 0 Å². The molecule has 4 aromatic rings. The largest absolute Gasteiger partial charge is 0.494 e. The van der Waals surface area contributed by atoms with E-state index < -0.39 is 0 Å². The van der Waals surface area contributed by atoms with Crippen molar-refractivity contribution in [1.29, 1.82) is 0 Å². The van der Waals surface area contributed by atoms with E-state index in [0.29, 0.717) is 24.5 Å². The second-order valence-electron chi connectivity index (χ2n) is 7.23. The van der Waals surface area contributed by atoms with Crippen molar-refractivity contribution in [1.82, 2.24) is 15.1 Å². The van der Waals surface area contributed by atoms with Crippen molar-refractivity contribution >= 4 is 16.9 Å². The minimum Gasteiger partial charge on any atom is -0.494 e. The van der Waals surface area contributed by atoms with Crippen molar-refractivity contribution in [2.45, 2.75) is 34.2 Å². The van der Waals surface area contributed by atoms with E-state index in [4.69, 9.17) is 9.15 Å². The molecular weight excluding hydrogens is 378 g/mol. The van der Waals surface area contributed by atoms with Gasteiger partial charge in [-0.05, 0) is 58.0 Å². The predicted octanol–water partition coefficient (Wildman–Crippen LogP) is 4.87. The van der Waals surface area contributed by atoms with Gasteiger partial charge in [0.2, 0.25) is 0 Å². The Morgan fingerprint density at radius 3 is 2.63 bits per heavy atom. The summed E-state index contributed by atoms with van der Waals surface area (Å²) in [6.07, 6.45) is 0. The number of rotatable bonds is 6. The van der Waals surface area contributed by atoms with Gasteiger partial charge in [0.15, 0.2) is 5.76 Å². The molecule has 0 saturated carbocycles. The lowest BCUT2D eigenvalue weighted by molar-refractivity contribution is 0.0924. The molecule has 1 amide bonds. The number of hydrogen-bond acceptors (Lipinski definition) is 4. The fourth-order valence-electron chi connectivity index (χ4n) is 3.67. The zero-order chi connectivity index (χ0) is 21.3. The lowest BCUT2D eigenvalue weighted by Gasteiger charge is -2.06. The van der Waals surface area contributed by atoms with Crippen LogP contribution in [0.2, 0.25) is 0 Å². The molecule has 2 aromatic carbocycles. The molecule has 30 heavy (non-hydrogen) atoms. The summed E-state index contributed by atoms with van der Waals surface area (Å²) in [4.78, 5) is 12.9. The lowest BCUT2D eigenvalue weighted by atomic mass is 10.1. The molecule has 6 heteroatoms. The average molecular weight is 403 g/mol. The third-order valence-electron chi connectivity index (χ3n) is 5.29. The van der Waals surface area contributed by atoms with Gasteiger partial charge in [0.1, 0.15) is 11.3 Å². The summed E-state index contributed by atoms with van der Waals surface area (Å²) in [6.45, 7) is 8.76. The highest BCUT2D eigenvalue weighted by Crippen LogP contribution is 2.29. The fraction of sp³-hybridized carbons (Fsp3) is 0.250. The molecule has 0 unspecified atom stereocenters. The quantitative estimate of drug-likeness (QED) is 0.499. The normalized spacial score (nSPS) is 11.1. The number of para-hydroxylation sites is 1. The molecule has 1 N–H and O–H groups in total. The molecule has 0 aliphatic rings. The van der Waals surface area contributed by atoms with Gasteiger partial charge in [0.05, 0.1) is 18.0 Å². The SMILES string of the molecule is CCOc1ccc2oc(C(=O)NCc3c(C)nn(-c4ccccc4)c3C)c(C)c2c1. The van der Waals surface area contributed by atoms with Crippen LogP contribution in [0.25, 0.3) is 16.7 Å². The highest BCUT2D eigenvalue weighted by molar-refractivity contribution is 5.99. The monoisotopic (exact) mass is 403 g/mol. The van der Waals surface area contributed by atoms with Crippen LogP contribution in [0.5, 0.6) is 5.75 Å². The molecule has 0 saturated heterocycles. The first-order chi connectivity index (χ1) is 14.5. The van der Waals surface area contributed by atoms with Crippen LogP contribution in [0.15, 0.2) is 52.9 Å². The minimum absolute atomic E-state index is 0.243. The number of carbonyl (C=O) groups excluding carboxylic acids is 1. The van der Waals surface area contributed by atoms with Gasteiger partial charge in [0, 0.05) is 28.8 Å². The number of aromatic nitrogens is 2. The Kier molecular flexibility index (Phi) is 5.31. The maximum absolute atomic E-state index is 12.9. The minimum atomic E-state index is -0.243. The zero-order valence-electron chi connectivity index (χ0n) is 17.7. The summed E-state index contributed by atoms with van der Waals surface area (Å²) in [6, 6.07) is 15.6. The highest BCUT2D eigenvalue weighted by atomic mass is 16.5. The van der Waals surface area contributed by atoms with Crippen LogP contribution in [0.3, 0.4) is 0 Å². The Hall–Kier alpha value is -3.54. The molecule has 0 bridgehead atoms. The number of aryl methyl sites for hydroxylation is 2. The maximum atomic E-state index is 12.9. The summed E-state index contributed by atoms with van der Waals surface area (Å²) in [5.74, 6) is 0.845. The van der Waals surface area contributed by atoms with Crippen LogP contribution in [0, 0.1) is 20.8 Å². The molecule has 0 aliphatic heterocycles.